The topological polar surface area (TPSA) is 32.3 Å². The van der Waals surface area contributed by atoms with E-state index in [0.29, 0.717) is 6.54 Å². The Morgan fingerprint density at radius 3 is 2.50 bits per heavy atom. The first-order valence-electron chi connectivity index (χ1n) is 5.27. The van der Waals surface area contributed by atoms with Crippen LogP contribution in [-0.2, 0) is 5.60 Å². The smallest absolute Gasteiger partial charge is 0.129 e. The Balaban J connectivity index is 3.07. The lowest BCUT2D eigenvalue weighted by Gasteiger charge is -2.25. The molecule has 16 heavy (non-hydrogen) atoms. The van der Waals surface area contributed by atoms with Crippen molar-refractivity contribution in [1.82, 2.24) is 5.32 Å². The minimum absolute atomic E-state index is 0.0171. The van der Waals surface area contributed by atoms with Crippen LogP contribution in [0.3, 0.4) is 0 Å². The molecule has 1 unspecified atom stereocenters. The van der Waals surface area contributed by atoms with Crippen LogP contribution >= 0.6 is 0 Å². The van der Waals surface area contributed by atoms with Crippen LogP contribution in [0.25, 0.3) is 0 Å². The van der Waals surface area contributed by atoms with Gasteiger partial charge < -0.3 is 10.4 Å². The van der Waals surface area contributed by atoms with E-state index in [9.17, 15) is 13.9 Å². The van der Waals surface area contributed by atoms with Crippen molar-refractivity contribution in [3.8, 4) is 0 Å². The molecule has 4 heteroatoms. The summed E-state index contributed by atoms with van der Waals surface area (Å²) in [6.45, 7) is 5.67. The van der Waals surface area contributed by atoms with Crippen molar-refractivity contribution < 1.29 is 13.9 Å². The van der Waals surface area contributed by atoms with Crippen LogP contribution < -0.4 is 5.32 Å². The summed E-state index contributed by atoms with van der Waals surface area (Å²) in [5.74, 6) is -1.09. The fourth-order valence-electron chi connectivity index (χ4n) is 1.52. The second kappa shape index (κ2) is 4.89. The molecule has 0 fully saturated rings. The zero-order valence-corrected chi connectivity index (χ0v) is 9.77. The zero-order chi connectivity index (χ0) is 12.3. The van der Waals surface area contributed by atoms with Crippen molar-refractivity contribution in [1.29, 1.82) is 0 Å². The van der Waals surface area contributed by atoms with Gasteiger partial charge >= 0.3 is 0 Å². The van der Waals surface area contributed by atoms with Crippen LogP contribution in [0.1, 0.15) is 25.0 Å². The molecule has 0 amide bonds. The Kier molecular flexibility index (Phi) is 3.99. The first kappa shape index (κ1) is 13.1. The maximum atomic E-state index is 13.6. The predicted molar refractivity (Wildman–Crippen MR) is 59.2 cm³/mol. The van der Waals surface area contributed by atoms with Crippen LogP contribution in [0.15, 0.2) is 12.1 Å². The third-order valence-corrected chi connectivity index (χ3v) is 2.55. The Morgan fingerprint density at radius 2 is 1.94 bits per heavy atom. The van der Waals surface area contributed by atoms with Gasteiger partial charge in [-0.2, -0.15) is 0 Å². The largest absolute Gasteiger partial charge is 0.384 e. The van der Waals surface area contributed by atoms with E-state index in [1.807, 2.05) is 6.92 Å². The van der Waals surface area contributed by atoms with Crippen molar-refractivity contribution in [2.24, 2.45) is 0 Å². The minimum atomic E-state index is -1.41. The summed E-state index contributed by atoms with van der Waals surface area (Å²) < 4.78 is 26.9. The molecule has 0 spiro atoms. The molecular formula is C12H17F2NO. The molecule has 0 saturated carbocycles. The van der Waals surface area contributed by atoms with Gasteiger partial charge in [0.05, 0.1) is 0 Å². The molecule has 0 heterocycles. The van der Waals surface area contributed by atoms with Crippen molar-refractivity contribution in [2.45, 2.75) is 26.4 Å². The highest BCUT2D eigenvalue weighted by atomic mass is 19.1. The van der Waals surface area contributed by atoms with Gasteiger partial charge in [0.15, 0.2) is 0 Å². The van der Waals surface area contributed by atoms with Gasteiger partial charge in [-0.1, -0.05) is 6.92 Å². The Bertz CT molecular complexity index is 378. The van der Waals surface area contributed by atoms with Gasteiger partial charge in [-0.3, -0.25) is 0 Å². The van der Waals surface area contributed by atoms with Gasteiger partial charge in [0.2, 0.25) is 0 Å². The highest BCUT2D eigenvalue weighted by molar-refractivity contribution is 5.29. The number of halogens is 2. The number of nitrogens with one attached hydrogen (secondary N) is 1. The molecule has 1 aromatic carbocycles. The van der Waals surface area contributed by atoms with Gasteiger partial charge in [0.25, 0.3) is 0 Å². The second-order valence-electron chi connectivity index (χ2n) is 4.14. The zero-order valence-electron chi connectivity index (χ0n) is 9.77. The average molecular weight is 229 g/mol. The van der Waals surface area contributed by atoms with Crippen LogP contribution in [0, 0.1) is 18.6 Å². The number of hydrogen-bond acceptors (Lipinski definition) is 2. The molecule has 0 bridgehead atoms. The van der Waals surface area contributed by atoms with E-state index in [1.165, 1.54) is 13.8 Å². The van der Waals surface area contributed by atoms with Gasteiger partial charge in [-0.15, -0.1) is 0 Å². The first-order chi connectivity index (χ1) is 7.38. The lowest BCUT2D eigenvalue weighted by Crippen LogP contribution is -2.36. The molecule has 2 N–H and O–H groups in total. The molecular weight excluding hydrogens is 212 g/mol. The van der Waals surface area contributed by atoms with Crippen LogP contribution in [0.2, 0.25) is 0 Å². The lowest BCUT2D eigenvalue weighted by molar-refractivity contribution is 0.0535. The molecule has 0 radical (unpaired) electrons. The fraction of sp³-hybridized carbons (Fsp3) is 0.500. The van der Waals surface area contributed by atoms with E-state index in [1.54, 1.807) is 0 Å². The summed E-state index contributed by atoms with van der Waals surface area (Å²) in [4.78, 5) is 0. The van der Waals surface area contributed by atoms with Crippen molar-refractivity contribution in [2.75, 3.05) is 13.1 Å². The first-order valence-corrected chi connectivity index (χ1v) is 5.27. The molecule has 1 atom stereocenters. The van der Waals surface area contributed by atoms with Crippen molar-refractivity contribution in [3.63, 3.8) is 0 Å². The molecule has 1 rings (SSSR count). The standard InChI is InChI=1S/C12H17F2NO/c1-4-15-7-12(3,16)9-6-10(13)8(2)5-11(9)14/h5-6,15-16H,4,7H2,1-3H3. The predicted octanol–water partition coefficient (Wildman–Crippen LogP) is 2.09. The van der Waals surface area contributed by atoms with Crippen LogP contribution in [0.4, 0.5) is 8.78 Å². The maximum absolute atomic E-state index is 13.6. The molecule has 0 aliphatic carbocycles. The van der Waals surface area contributed by atoms with E-state index in [-0.39, 0.29) is 17.7 Å². The number of rotatable bonds is 4. The number of hydrogen-bond donors (Lipinski definition) is 2. The second-order valence-corrected chi connectivity index (χ2v) is 4.14. The van der Waals surface area contributed by atoms with Crippen molar-refractivity contribution >= 4 is 0 Å². The summed E-state index contributed by atoms with van der Waals surface area (Å²) in [7, 11) is 0. The SMILES string of the molecule is CCNCC(C)(O)c1cc(F)c(C)cc1F. The average Bonchev–Trinajstić information content (AvgIpc) is 2.20. The minimum Gasteiger partial charge on any atom is -0.384 e. The Labute approximate surface area is 94.3 Å². The van der Waals surface area contributed by atoms with Gasteiger partial charge in [-0.25, -0.2) is 8.78 Å². The van der Waals surface area contributed by atoms with E-state index in [4.69, 9.17) is 0 Å². The summed E-state index contributed by atoms with van der Waals surface area (Å²) in [5, 5.41) is 13.0. The quantitative estimate of drug-likeness (QED) is 0.828. The van der Waals surface area contributed by atoms with E-state index in [2.05, 4.69) is 5.32 Å². The van der Waals surface area contributed by atoms with Gasteiger partial charge in [-0.05, 0) is 38.1 Å². The molecule has 0 aliphatic rings. The maximum Gasteiger partial charge on any atom is 0.129 e. The highest BCUT2D eigenvalue weighted by Gasteiger charge is 2.27. The number of aliphatic hydroxyl groups is 1. The third-order valence-electron chi connectivity index (χ3n) is 2.55. The summed E-state index contributed by atoms with van der Waals surface area (Å²) >= 11 is 0. The van der Waals surface area contributed by atoms with Crippen LogP contribution in [0.5, 0.6) is 0 Å². The van der Waals surface area contributed by atoms with Gasteiger partial charge in [0, 0.05) is 12.1 Å². The highest BCUT2D eigenvalue weighted by Crippen LogP contribution is 2.25. The Hall–Kier alpha value is -1.00. The number of aryl methyl sites for hydroxylation is 1. The van der Waals surface area contributed by atoms with Crippen molar-refractivity contribution in [3.05, 3.63) is 34.9 Å². The summed E-state index contributed by atoms with van der Waals surface area (Å²) in [6, 6.07) is 2.16. The summed E-state index contributed by atoms with van der Waals surface area (Å²) in [5.41, 5.74) is -1.19. The molecule has 0 saturated heterocycles. The lowest BCUT2D eigenvalue weighted by atomic mass is 9.94. The molecule has 1 aromatic rings. The molecule has 90 valence electrons. The third kappa shape index (κ3) is 2.77. The summed E-state index contributed by atoms with van der Waals surface area (Å²) in [6.07, 6.45) is 0. The molecule has 2 nitrogen and oxygen atoms in total. The fourth-order valence-corrected chi connectivity index (χ4v) is 1.52. The monoisotopic (exact) mass is 229 g/mol. The molecule has 0 aliphatic heterocycles. The Morgan fingerprint density at radius 1 is 1.31 bits per heavy atom. The van der Waals surface area contributed by atoms with E-state index in [0.717, 1.165) is 12.1 Å². The molecule has 0 aromatic heterocycles. The number of benzene rings is 1. The number of likely N-dealkylation sites (N-methyl/N-ethyl adjacent to an activating group) is 1. The normalized spacial score (nSPS) is 14.9. The van der Waals surface area contributed by atoms with E-state index < -0.39 is 17.2 Å². The van der Waals surface area contributed by atoms with Gasteiger partial charge in [0.1, 0.15) is 17.2 Å². The van der Waals surface area contributed by atoms with E-state index >= 15 is 0 Å². The van der Waals surface area contributed by atoms with Crippen LogP contribution in [-0.4, -0.2) is 18.2 Å².